The average Bonchev–Trinajstić information content (AvgIpc) is 2.44. The van der Waals surface area contributed by atoms with Crippen molar-refractivity contribution >= 4 is 5.91 Å². The van der Waals surface area contributed by atoms with Gasteiger partial charge in [-0.1, -0.05) is 25.5 Å². The fourth-order valence-electron chi connectivity index (χ4n) is 2.06. The molecule has 19 heavy (non-hydrogen) atoms. The monoisotopic (exact) mass is 262 g/mol. The second-order valence-electron chi connectivity index (χ2n) is 4.84. The first-order chi connectivity index (χ1) is 9.29. The van der Waals surface area contributed by atoms with Gasteiger partial charge in [0.1, 0.15) is 5.75 Å². The lowest BCUT2D eigenvalue weighted by Crippen LogP contribution is -2.47. The highest BCUT2D eigenvalue weighted by molar-refractivity contribution is 5.78. The van der Waals surface area contributed by atoms with Crippen LogP contribution in [-0.4, -0.2) is 37.0 Å². The Morgan fingerprint density at radius 1 is 1.32 bits per heavy atom. The number of hydrogen-bond donors (Lipinski definition) is 1. The molecule has 1 aliphatic rings. The first-order valence-corrected chi connectivity index (χ1v) is 7.00. The molecule has 4 heteroatoms. The van der Waals surface area contributed by atoms with E-state index in [4.69, 9.17) is 4.74 Å². The number of carbonyl (C=O) groups excluding carboxylic acids is 1. The van der Waals surface area contributed by atoms with Gasteiger partial charge in [0.05, 0.1) is 13.2 Å². The summed E-state index contributed by atoms with van der Waals surface area (Å²) in [6.07, 6.45) is 2.22. The van der Waals surface area contributed by atoms with Crippen LogP contribution < -0.4 is 10.1 Å². The first kappa shape index (κ1) is 13.9. The van der Waals surface area contributed by atoms with Crippen LogP contribution in [0.3, 0.4) is 0 Å². The lowest BCUT2D eigenvalue weighted by atomic mass is 10.2. The maximum absolute atomic E-state index is 11.7. The molecule has 1 fully saturated rings. The van der Waals surface area contributed by atoms with E-state index in [0.717, 1.165) is 43.9 Å². The van der Waals surface area contributed by atoms with Crippen LogP contribution in [0.4, 0.5) is 0 Å². The number of benzene rings is 1. The summed E-state index contributed by atoms with van der Waals surface area (Å²) >= 11 is 0. The summed E-state index contributed by atoms with van der Waals surface area (Å²) in [4.78, 5) is 13.6. The Labute approximate surface area is 114 Å². The Kier molecular flexibility index (Phi) is 5.21. The van der Waals surface area contributed by atoms with Crippen LogP contribution in [0.2, 0.25) is 0 Å². The largest absolute Gasteiger partial charge is 0.494 e. The number of piperazine rings is 1. The zero-order valence-corrected chi connectivity index (χ0v) is 11.5. The number of hydrogen-bond acceptors (Lipinski definition) is 3. The quantitative estimate of drug-likeness (QED) is 0.795. The molecule has 1 aromatic carbocycles. The number of unbranched alkanes of at least 4 members (excludes halogenated alkanes) is 1. The highest BCUT2D eigenvalue weighted by Gasteiger charge is 2.17. The summed E-state index contributed by atoms with van der Waals surface area (Å²) in [5.74, 6) is 1.08. The lowest BCUT2D eigenvalue weighted by Gasteiger charge is -2.27. The molecule has 104 valence electrons. The minimum absolute atomic E-state index is 0.175. The van der Waals surface area contributed by atoms with Crippen LogP contribution in [0.15, 0.2) is 24.3 Å². The topological polar surface area (TPSA) is 41.6 Å². The zero-order chi connectivity index (χ0) is 13.5. The molecule has 0 unspecified atom stereocenters. The molecule has 1 heterocycles. The van der Waals surface area contributed by atoms with Gasteiger partial charge in [-0.3, -0.25) is 4.79 Å². The Hall–Kier alpha value is -1.55. The summed E-state index contributed by atoms with van der Waals surface area (Å²) < 4.78 is 5.62. The van der Waals surface area contributed by atoms with E-state index in [-0.39, 0.29) is 5.91 Å². The molecule has 1 saturated heterocycles. The van der Waals surface area contributed by atoms with Gasteiger partial charge in [-0.2, -0.15) is 0 Å². The molecule has 1 aromatic rings. The summed E-state index contributed by atoms with van der Waals surface area (Å²) in [5.41, 5.74) is 1.15. The third kappa shape index (κ3) is 4.24. The molecule has 4 nitrogen and oxygen atoms in total. The third-order valence-corrected chi connectivity index (χ3v) is 3.25. The van der Waals surface area contributed by atoms with Crippen LogP contribution in [-0.2, 0) is 11.3 Å². The molecule has 1 N–H and O–H groups in total. The van der Waals surface area contributed by atoms with E-state index in [1.807, 2.05) is 29.2 Å². The number of carbonyl (C=O) groups is 1. The Balaban J connectivity index is 1.85. The smallest absolute Gasteiger partial charge is 0.236 e. The number of rotatable bonds is 6. The minimum Gasteiger partial charge on any atom is -0.494 e. The molecule has 0 aromatic heterocycles. The van der Waals surface area contributed by atoms with Crippen molar-refractivity contribution < 1.29 is 9.53 Å². The Morgan fingerprint density at radius 2 is 2.11 bits per heavy atom. The van der Waals surface area contributed by atoms with Gasteiger partial charge in [-0.25, -0.2) is 0 Å². The molecule has 0 spiro atoms. The summed E-state index contributed by atoms with van der Waals surface area (Å²) in [7, 11) is 0. The predicted octanol–water partition coefficient (Wildman–Crippen LogP) is 1.80. The molecule has 1 amide bonds. The van der Waals surface area contributed by atoms with Crippen molar-refractivity contribution in [1.29, 1.82) is 0 Å². The van der Waals surface area contributed by atoms with Crippen LogP contribution in [0.25, 0.3) is 0 Å². The van der Waals surface area contributed by atoms with Crippen LogP contribution in [0.5, 0.6) is 5.75 Å². The maximum Gasteiger partial charge on any atom is 0.236 e. The number of amides is 1. The minimum atomic E-state index is 0.175. The molecule has 0 radical (unpaired) electrons. The fraction of sp³-hybridized carbons (Fsp3) is 0.533. The average molecular weight is 262 g/mol. The first-order valence-electron chi connectivity index (χ1n) is 7.00. The molecule has 0 aliphatic carbocycles. The van der Waals surface area contributed by atoms with E-state index >= 15 is 0 Å². The summed E-state index contributed by atoms with van der Waals surface area (Å²) in [5, 5.41) is 3.08. The zero-order valence-electron chi connectivity index (χ0n) is 11.5. The summed E-state index contributed by atoms with van der Waals surface area (Å²) in [6.45, 7) is 5.73. The summed E-state index contributed by atoms with van der Waals surface area (Å²) in [6, 6.07) is 8.04. The van der Waals surface area contributed by atoms with Gasteiger partial charge in [0.25, 0.3) is 0 Å². The van der Waals surface area contributed by atoms with Crippen molar-refractivity contribution in [3.05, 3.63) is 29.8 Å². The standard InChI is InChI=1S/C15H22N2O2/c1-2-3-10-19-14-6-4-13(5-7-14)12-17-9-8-16-11-15(17)18/h4-7,16H,2-3,8-12H2,1H3. The van der Waals surface area contributed by atoms with E-state index < -0.39 is 0 Å². The SMILES string of the molecule is CCCCOc1ccc(CN2CCNCC2=O)cc1. The van der Waals surface area contributed by atoms with E-state index in [9.17, 15) is 4.79 Å². The van der Waals surface area contributed by atoms with Crippen molar-refractivity contribution in [3.63, 3.8) is 0 Å². The van der Waals surface area contributed by atoms with Crippen molar-refractivity contribution in [3.8, 4) is 5.75 Å². The van der Waals surface area contributed by atoms with Gasteiger partial charge in [0.15, 0.2) is 0 Å². The van der Waals surface area contributed by atoms with E-state index in [2.05, 4.69) is 12.2 Å². The van der Waals surface area contributed by atoms with Crippen LogP contribution in [0, 0.1) is 0 Å². The van der Waals surface area contributed by atoms with Gasteiger partial charge in [-0.15, -0.1) is 0 Å². The highest BCUT2D eigenvalue weighted by atomic mass is 16.5. The van der Waals surface area contributed by atoms with E-state index in [1.165, 1.54) is 0 Å². The molecular weight excluding hydrogens is 240 g/mol. The normalized spacial score (nSPS) is 15.6. The van der Waals surface area contributed by atoms with Crippen LogP contribution in [0.1, 0.15) is 25.3 Å². The van der Waals surface area contributed by atoms with Crippen molar-refractivity contribution in [2.45, 2.75) is 26.3 Å². The Bertz CT molecular complexity index is 403. The highest BCUT2D eigenvalue weighted by Crippen LogP contribution is 2.14. The van der Waals surface area contributed by atoms with Crippen molar-refractivity contribution in [2.75, 3.05) is 26.2 Å². The van der Waals surface area contributed by atoms with Gasteiger partial charge < -0.3 is 15.0 Å². The number of nitrogens with zero attached hydrogens (tertiary/aromatic N) is 1. The van der Waals surface area contributed by atoms with Crippen molar-refractivity contribution in [2.24, 2.45) is 0 Å². The molecule has 0 saturated carbocycles. The molecule has 0 atom stereocenters. The Morgan fingerprint density at radius 3 is 2.79 bits per heavy atom. The van der Waals surface area contributed by atoms with Crippen molar-refractivity contribution in [1.82, 2.24) is 10.2 Å². The second kappa shape index (κ2) is 7.14. The van der Waals surface area contributed by atoms with Crippen LogP contribution >= 0.6 is 0 Å². The fourth-order valence-corrected chi connectivity index (χ4v) is 2.06. The van der Waals surface area contributed by atoms with E-state index in [0.29, 0.717) is 13.1 Å². The van der Waals surface area contributed by atoms with E-state index in [1.54, 1.807) is 0 Å². The molecule has 1 aliphatic heterocycles. The molecule has 2 rings (SSSR count). The molecule has 0 bridgehead atoms. The maximum atomic E-state index is 11.7. The third-order valence-electron chi connectivity index (χ3n) is 3.25. The van der Waals surface area contributed by atoms with Gasteiger partial charge >= 0.3 is 0 Å². The van der Waals surface area contributed by atoms with Gasteiger partial charge in [-0.05, 0) is 24.1 Å². The lowest BCUT2D eigenvalue weighted by molar-refractivity contribution is -0.132. The number of ether oxygens (including phenoxy) is 1. The predicted molar refractivity (Wildman–Crippen MR) is 75.1 cm³/mol. The van der Waals surface area contributed by atoms with Gasteiger partial charge in [0.2, 0.25) is 5.91 Å². The second-order valence-corrected chi connectivity index (χ2v) is 4.84. The molecular formula is C15H22N2O2. The number of nitrogens with one attached hydrogen (secondary N) is 1. The van der Waals surface area contributed by atoms with Gasteiger partial charge in [0, 0.05) is 19.6 Å².